The Hall–Kier alpha value is -1.57. The monoisotopic (exact) mass is 379 g/mol. The van der Waals surface area contributed by atoms with Crippen LogP contribution in [0.5, 0.6) is 0 Å². The molecule has 0 bridgehead atoms. The van der Waals surface area contributed by atoms with Crippen molar-refractivity contribution < 1.29 is 14.7 Å². The lowest BCUT2D eigenvalue weighted by molar-refractivity contribution is -0.131. The van der Waals surface area contributed by atoms with Gasteiger partial charge >= 0.3 is 0 Å². The summed E-state index contributed by atoms with van der Waals surface area (Å²) in [6.45, 7) is 1.42. The summed E-state index contributed by atoms with van der Waals surface area (Å²) in [7, 11) is 3.45. The van der Waals surface area contributed by atoms with Crippen molar-refractivity contribution in [1.82, 2.24) is 15.1 Å². The van der Waals surface area contributed by atoms with Gasteiger partial charge in [0, 0.05) is 45.1 Å². The van der Waals surface area contributed by atoms with Crippen molar-refractivity contribution in [2.24, 2.45) is 0 Å². The average Bonchev–Trinajstić information content (AvgIpc) is 2.62. The Bertz CT molecular complexity index is 583. The molecule has 2 rings (SSSR count). The maximum absolute atomic E-state index is 12.1. The third-order valence-corrected chi connectivity index (χ3v) is 5.49. The molecule has 2 N–H and O–H groups in total. The van der Waals surface area contributed by atoms with Gasteiger partial charge in [0.1, 0.15) is 0 Å². The third-order valence-electron chi connectivity index (χ3n) is 4.46. The molecular weight excluding hydrogens is 350 g/mol. The molecule has 144 valence electrons. The van der Waals surface area contributed by atoms with Crippen molar-refractivity contribution >= 4 is 23.6 Å². The van der Waals surface area contributed by atoms with Crippen molar-refractivity contribution in [2.45, 2.75) is 30.7 Å². The Morgan fingerprint density at radius 3 is 2.69 bits per heavy atom. The highest BCUT2D eigenvalue weighted by Gasteiger charge is 2.29. The van der Waals surface area contributed by atoms with Crippen LogP contribution < -0.4 is 5.32 Å². The van der Waals surface area contributed by atoms with Gasteiger partial charge in [-0.15, -0.1) is 0 Å². The molecule has 1 fully saturated rings. The van der Waals surface area contributed by atoms with Crippen LogP contribution in [0.1, 0.15) is 18.4 Å². The summed E-state index contributed by atoms with van der Waals surface area (Å²) in [5.74, 6) is 1.66. The third kappa shape index (κ3) is 6.97. The van der Waals surface area contributed by atoms with Crippen LogP contribution in [0.15, 0.2) is 30.3 Å². The maximum Gasteiger partial charge on any atom is 0.236 e. The molecule has 0 aliphatic carbocycles. The summed E-state index contributed by atoms with van der Waals surface area (Å²) in [5, 5.41) is 13.2. The van der Waals surface area contributed by atoms with Gasteiger partial charge in [0.15, 0.2) is 0 Å². The first-order chi connectivity index (χ1) is 12.5. The zero-order chi connectivity index (χ0) is 18.9. The van der Waals surface area contributed by atoms with Gasteiger partial charge in [-0.1, -0.05) is 30.3 Å². The van der Waals surface area contributed by atoms with Gasteiger partial charge in [-0.2, -0.15) is 11.8 Å². The first kappa shape index (κ1) is 20.7. The number of likely N-dealkylation sites (tertiary alicyclic amines) is 1. The van der Waals surface area contributed by atoms with Gasteiger partial charge in [0.25, 0.3) is 0 Å². The number of rotatable bonds is 8. The molecule has 1 aromatic carbocycles. The van der Waals surface area contributed by atoms with E-state index in [0.29, 0.717) is 32.5 Å². The predicted octanol–water partition coefficient (Wildman–Crippen LogP) is 0.950. The first-order valence-corrected chi connectivity index (χ1v) is 10.1. The number of piperidine rings is 1. The fourth-order valence-electron chi connectivity index (χ4n) is 2.85. The number of hydrogen-bond acceptors (Lipinski definition) is 5. The van der Waals surface area contributed by atoms with Crippen molar-refractivity contribution in [3.63, 3.8) is 0 Å². The van der Waals surface area contributed by atoms with Crippen LogP contribution >= 0.6 is 11.8 Å². The number of carbonyl (C=O) groups excluding carboxylic acids is 2. The molecule has 1 saturated heterocycles. The lowest BCUT2D eigenvalue weighted by Crippen LogP contribution is -2.55. The molecule has 2 atom stereocenters. The lowest BCUT2D eigenvalue weighted by atomic mass is 10.0. The maximum atomic E-state index is 12.1. The van der Waals surface area contributed by atoms with Crippen LogP contribution in [0.25, 0.3) is 0 Å². The molecule has 2 amide bonds. The van der Waals surface area contributed by atoms with Crippen LogP contribution in [0.2, 0.25) is 0 Å². The summed E-state index contributed by atoms with van der Waals surface area (Å²) in [5.41, 5.74) is 1.26. The minimum atomic E-state index is -0.639. The predicted molar refractivity (Wildman–Crippen MR) is 105 cm³/mol. The smallest absolute Gasteiger partial charge is 0.236 e. The standard InChI is InChI=1S/C19H29N3O3S/c1-21(2)19(25)13-22-10-8-16(17(23)12-22)20-18(24)9-11-26-14-15-6-4-3-5-7-15/h3-7,16-17,23H,8-14H2,1-2H3,(H,20,24)/t16-,17-/m1/s1. The van der Waals surface area contributed by atoms with E-state index in [0.717, 1.165) is 11.5 Å². The van der Waals surface area contributed by atoms with Crippen LogP contribution in [-0.2, 0) is 15.3 Å². The number of likely N-dealkylation sites (N-methyl/N-ethyl adjacent to an activating group) is 1. The molecule has 1 heterocycles. The van der Waals surface area contributed by atoms with Crippen molar-refractivity contribution in [1.29, 1.82) is 0 Å². The molecule has 0 unspecified atom stereocenters. The van der Waals surface area contributed by atoms with E-state index in [2.05, 4.69) is 17.4 Å². The number of carbonyl (C=O) groups is 2. The second-order valence-electron chi connectivity index (χ2n) is 6.84. The molecule has 0 aromatic heterocycles. The summed E-state index contributed by atoms with van der Waals surface area (Å²) in [6.07, 6.45) is 0.466. The normalized spacial score (nSPS) is 20.6. The zero-order valence-corrected chi connectivity index (χ0v) is 16.4. The van der Waals surface area contributed by atoms with E-state index >= 15 is 0 Å². The Morgan fingerprint density at radius 2 is 2.04 bits per heavy atom. The van der Waals surface area contributed by atoms with Crippen LogP contribution in [-0.4, -0.2) is 78.3 Å². The van der Waals surface area contributed by atoms with Crippen molar-refractivity contribution in [2.75, 3.05) is 39.5 Å². The fourth-order valence-corrected chi connectivity index (χ4v) is 3.75. The zero-order valence-electron chi connectivity index (χ0n) is 15.6. The summed E-state index contributed by atoms with van der Waals surface area (Å²) in [4.78, 5) is 27.3. The Balaban J connectivity index is 1.64. The number of nitrogens with zero attached hydrogens (tertiary/aromatic N) is 2. The Morgan fingerprint density at radius 1 is 1.31 bits per heavy atom. The summed E-state index contributed by atoms with van der Waals surface area (Å²) < 4.78 is 0. The van der Waals surface area contributed by atoms with Crippen molar-refractivity contribution in [3.05, 3.63) is 35.9 Å². The highest BCUT2D eigenvalue weighted by Crippen LogP contribution is 2.14. The number of aliphatic hydroxyl groups excluding tert-OH is 1. The second-order valence-corrected chi connectivity index (χ2v) is 7.95. The molecule has 0 spiro atoms. The lowest BCUT2D eigenvalue weighted by Gasteiger charge is -2.36. The highest BCUT2D eigenvalue weighted by molar-refractivity contribution is 7.98. The minimum absolute atomic E-state index is 0.0209. The number of hydrogen-bond donors (Lipinski definition) is 2. The molecule has 7 heteroatoms. The van der Waals surface area contributed by atoms with E-state index in [1.165, 1.54) is 5.56 Å². The van der Waals surface area contributed by atoms with Crippen LogP contribution in [0.4, 0.5) is 0 Å². The molecule has 1 aliphatic heterocycles. The van der Waals surface area contributed by atoms with E-state index in [-0.39, 0.29) is 17.9 Å². The van der Waals surface area contributed by atoms with Gasteiger partial charge in [-0.25, -0.2) is 0 Å². The second kappa shape index (κ2) is 10.5. The summed E-state index contributed by atoms with van der Waals surface area (Å²) >= 11 is 1.73. The molecule has 0 radical (unpaired) electrons. The number of nitrogens with one attached hydrogen (secondary N) is 1. The van der Waals surface area contributed by atoms with E-state index in [1.807, 2.05) is 23.1 Å². The van der Waals surface area contributed by atoms with Gasteiger partial charge in [-0.3, -0.25) is 14.5 Å². The topological polar surface area (TPSA) is 72.9 Å². The van der Waals surface area contributed by atoms with E-state index in [4.69, 9.17) is 0 Å². The number of β-amino-alcohol motifs (C(OH)–C–C–N with tert-alkyl or cyclic N) is 1. The fraction of sp³-hybridized carbons (Fsp3) is 0.579. The average molecular weight is 380 g/mol. The molecule has 1 aromatic rings. The van der Waals surface area contributed by atoms with Crippen LogP contribution in [0.3, 0.4) is 0 Å². The first-order valence-electron chi connectivity index (χ1n) is 8.97. The van der Waals surface area contributed by atoms with Crippen molar-refractivity contribution in [3.8, 4) is 0 Å². The SMILES string of the molecule is CN(C)C(=O)CN1CC[C@@H](NC(=O)CCSCc2ccccc2)[C@H](O)C1. The Labute approximate surface area is 159 Å². The highest BCUT2D eigenvalue weighted by atomic mass is 32.2. The number of thioether (sulfide) groups is 1. The van der Waals surface area contributed by atoms with E-state index < -0.39 is 6.10 Å². The number of benzene rings is 1. The van der Waals surface area contributed by atoms with Gasteiger partial charge < -0.3 is 15.3 Å². The minimum Gasteiger partial charge on any atom is -0.390 e. The van der Waals surface area contributed by atoms with Gasteiger partial charge in [0.05, 0.1) is 18.7 Å². The van der Waals surface area contributed by atoms with Crippen LogP contribution in [0, 0.1) is 0 Å². The largest absolute Gasteiger partial charge is 0.390 e. The quantitative estimate of drug-likeness (QED) is 0.658. The summed E-state index contributed by atoms with van der Waals surface area (Å²) in [6, 6.07) is 9.96. The molecule has 1 aliphatic rings. The molecular formula is C19H29N3O3S. The van der Waals surface area contributed by atoms with Gasteiger partial charge in [-0.05, 0) is 12.0 Å². The molecule has 0 saturated carbocycles. The van der Waals surface area contributed by atoms with E-state index in [9.17, 15) is 14.7 Å². The van der Waals surface area contributed by atoms with E-state index in [1.54, 1.807) is 30.8 Å². The molecule has 6 nitrogen and oxygen atoms in total. The van der Waals surface area contributed by atoms with Gasteiger partial charge in [0.2, 0.25) is 11.8 Å². The number of aliphatic hydroxyl groups is 1. The number of amides is 2. The molecule has 26 heavy (non-hydrogen) atoms. The Kier molecular flexibility index (Phi) is 8.41.